The highest BCUT2D eigenvalue weighted by atomic mass is 16.2. The van der Waals surface area contributed by atoms with E-state index in [1.165, 1.54) is 5.69 Å². The monoisotopic (exact) mass is 313 g/mol. The van der Waals surface area contributed by atoms with Gasteiger partial charge in [-0.1, -0.05) is 0 Å². The summed E-state index contributed by atoms with van der Waals surface area (Å²) in [5.74, 6) is -0.138. The number of piperazine rings is 1. The molecule has 0 radical (unpaired) electrons. The summed E-state index contributed by atoms with van der Waals surface area (Å²) < 4.78 is 1.60. The van der Waals surface area contributed by atoms with E-state index in [9.17, 15) is 4.79 Å². The van der Waals surface area contributed by atoms with Crippen molar-refractivity contribution >= 4 is 17.3 Å². The van der Waals surface area contributed by atoms with E-state index >= 15 is 0 Å². The van der Waals surface area contributed by atoms with Gasteiger partial charge in [0.2, 0.25) is 0 Å². The van der Waals surface area contributed by atoms with Crippen LogP contribution in [0.4, 0.5) is 11.4 Å². The van der Waals surface area contributed by atoms with Crippen LogP contribution in [-0.2, 0) is 7.05 Å². The number of nitrogens with one attached hydrogen (secondary N) is 1. The topological polar surface area (TPSA) is 53.4 Å². The largest absolute Gasteiger partial charge is 0.369 e. The highest BCUT2D eigenvalue weighted by Gasteiger charge is 2.15. The number of rotatable bonds is 3. The number of anilines is 2. The summed E-state index contributed by atoms with van der Waals surface area (Å²) in [6.07, 6.45) is 0. The molecule has 0 aliphatic carbocycles. The van der Waals surface area contributed by atoms with E-state index in [-0.39, 0.29) is 5.91 Å². The fourth-order valence-corrected chi connectivity index (χ4v) is 2.84. The van der Waals surface area contributed by atoms with Gasteiger partial charge in [0.25, 0.3) is 5.91 Å². The van der Waals surface area contributed by atoms with E-state index in [1.807, 2.05) is 19.1 Å². The first-order valence-electron chi connectivity index (χ1n) is 7.88. The molecule has 1 aromatic carbocycles. The lowest BCUT2D eigenvalue weighted by Crippen LogP contribution is -2.44. The van der Waals surface area contributed by atoms with Crippen LogP contribution in [0.5, 0.6) is 0 Å². The third-order valence-corrected chi connectivity index (χ3v) is 4.23. The average molecular weight is 313 g/mol. The number of amides is 1. The molecule has 3 rings (SSSR count). The highest BCUT2D eigenvalue weighted by Crippen LogP contribution is 2.19. The van der Waals surface area contributed by atoms with Crippen LogP contribution in [0.15, 0.2) is 30.3 Å². The summed E-state index contributed by atoms with van der Waals surface area (Å²) in [6, 6.07) is 9.82. The number of carbonyl (C=O) groups excluding carboxylic acids is 1. The normalized spacial score (nSPS) is 15.7. The SMILES string of the molecule is Cc1cc(C(=O)Nc2ccc(N3CCN(C)CC3)cc2)n(C)n1. The Hall–Kier alpha value is -2.34. The summed E-state index contributed by atoms with van der Waals surface area (Å²) >= 11 is 0. The molecule has 6 heteroatoms. The van der Waals surface area contributed by atoms with E-state index in [0.717, 1.165) is 37.6 Å². The molecule has 122 valence electrons. The standard InChI is InChI=1S/C17H23N5O/c1-13-12-16(21(3)19-13)17(23)18-14-4-6-15(7-5-14)22-10-8-20(2)9-11-22/h4-7,12H,8-11H2,1-3H3,(H,18,23). The number of hydrogen-bond acceptors (Lipinski definition) is 4. The van der Waals surface area contributed by atoms with Crippen LogP contribution in [0.2, 0.25) is 0 Å². The van der Waals surface area contributed by atoms with Crippen molar-refractivity contribution in [3.63, 3.8) is 0 Å². The van der Waals surface area contributed by atoms with Crippen LogP contribution in [0.3, 0.4) is 0 Å². The van der Waals surface area contributed by atoms with Crippen molar-refractivity contribution in [3.05, 3.63) is 41.7 Å². The Kier molecular flexibility index (Phi) is 4.34. The molecule has 1 aliphatic rings. The number of likely N-dealkylation sites (N-methyl/N-ethyl adjacent to an activating group) is 1. The Morgan fingerprint density at radius 1 is 1.09 bits per heavy atom. The fourth-order valence-electron chi connectivity index (χ4n) is 2.84. The number of carbonyl (C=O) groups is 1. The molecular formula is C17H23N5O. The molecule has 0 bridgehead atoms. The van der Waals surface area contributed by atoms with Gasteiger partial charge in [0.1, 0.15) is 5.69 Å². The molecule has 1 aromatic heterocycles. The average Bonchev–Trinajstić information content (AvgIpc) is 2.88. The minimum atomic E-state index is -0.138. The van der Waals surface area contributed by atoms with Gasteiger partial charge >= 0.3 is 0 Å². The van der Waals surface area contributed by atoms with Crippen LogP contribution >= 0.6 is 0 Å². The Labute approximate surface area is 136 Å². The van der Waals surface area contributed by atoms with Gasteiger partial charge in [0, 0.05) is 44.6 Å². The van der Waals surface area contributed by atoms with Gasteiger partial charge in [-0.25, -0.2) is 0 Å². The molecule has 23 heavy (non-hydrogen) atoms. The predicted octanol–water partition coefficient (Wildman–Crippen LogP) is 1.73. The molecule has 1 N–H and O–H groups in total. The van der Waals surface area contributed by atoms with Gasteiger partial charge in [-0.2, -0.15) is 5.10 Å². The van der Waals surface area contributed by atoms with Gasteiger partial charge in [-0.15, -0.1) is 0 Å². The van der Waals surface area contributed by atoms with Crippen molar-refractivity contribution in [2.24, 2.45) is 7.05 Å². The molecule has 1 fully saturated rings. The van der Waals surface area contributed by atoms with E-state index < -0.39 is 0 Å². The molecule has 0 saturated carbocycles. The minimum Gasteiger partial charge on any atom is -0.369 e. The lowest BCUT2D eigenvalue weighted by atomic mass is 10.2. The molecular weight excluding hydrogens is 290 g/mol. The van der Waals surface area contributed by atoms with Crippen LogP contribution in [0, 0.1) is 6.92 Å². The van der Waals surface area contributed by atoms with Gasteiger partial charge in [0.05, 0.1) is 5.69 Å². The van der Waals surface area contributed by atoms with Crippen molar-refractivity contribution in [1.29, 1.82) is 0 Å². The van der Waals surface area contributed by atoms with Crippen LogP contribution < -0.4 is 10.2 Å². The molecule has 1 saturated heterocycles. The zero-order valence-corrected chi connectivity index (χ0v) is 13.9. The van der Waals surface area contributed by atoms with Crippen molar-refractivity contribution in [3.8, 4) is 0 Å². The van der Waals surface area contributed by atoms with E-state index in [0.29, 0.717) is 5.69 Å². The van der Waals surface area contributed by atoms with Gasteiger partial charge in [0.15, 0.2) is 0 Å². The second-order valence-corrected chi connectivity index (χ2v) is 6.09. The van der Waals surface area contributed by atoms with Crippen molar-refractivity contribution in [1.82, 2.24) is 14.7 Å². The number of aryl methyl sites for hydroxylation is 2. The van der Waals surface area contributed by atoms with Crippen LogP contribution in [0.25, 0.3) is 0 Å². The molecule has 2 heterocycles. The molecule has 2 aromatic rings. The first-order valence-corrected chi connectivity index (χ1v) is 7.88. The third kappa shape index (κ3) is 3.53. The molecule has 1 aliphatic heterocycles. The number of nitrogens with zero attached hydrogens (tertiary/aromatic N) is 4. The number of aromatic nitrogens is 2. The lowest BCUT2D eigenvalue weighted by Gasteiger charge is -2.34. The Morgan fingerprint density at radius 3 is 2.30 bits per heavy atom. The van der Waals surface area contributed by atoms with E-state index in [4.69, 9.17) is 0 Å². The highest BCUT2D eigenvalue weighted by molar-refractivity contribution is 6.03. The summed E-state index contributed by atoms with van der Waals surface area (Å²) in [7, 11) is 3.93. The second kappa shape index (κ2) is 6.42. The van der Waals surface area contributed by atoms with E-state index in [1.54, 1.807) is 17.8 Å². The lowest BCUT2D eigenvalue weighted by molar-refractivity contribution is 0.101. The number of benzene rings is 1. The zero-order chi connectivity index (χ0) is 16.4. The summed E-state index contributed by atoms with van der Waals surface area (Å²) in [4.78, 5) is 17.0. The molecule has 0 spiro atoms. The zero-order valence-electron chi connectivity index (χ0n) is 13.9. The maximum Gasteiger partial charge on any atom is 0.273 e. The van der Waals surface area contributed by atoms with Gasteiger partial charge < -0.3 is 15.1 Å². The summed E-state index contributed by atoms with van der Waals surface area (Å²) in [6.45, 7) is 6.12. The van der Waals surface area contributed by atoms with Crippen molar-refractivity contribution in [2.75, 3.05) is 43.4 Å². The predicted molar refractivity (Wildman–Crippen MR) is 92.1 cm³/mol. The van der Waals surface area contributed by atoms with Crippen molar-refractivity contribution < 1.29 is 4.79 Å². The van der Waals surface area contributed by atoms with Gasteiger partial charge in [-0.05, 0) is 44.3 Å². The number of hydrogen-bond donors (Lipinski definition) is 1. The Morgan fingerprint density at radius 2 is 1.74 bits per heavy atom. The second-order valence-electron chi connectivity index (χ2n) is 6.09. The maximum atomic E-state index is 12.3. The Balaban J connectivity index is 1.65. The molecule has 1 amide bonds. The minimum absolute atomic E-state index is 0.138. The molecule has 0 atom stereocenters. The smallest absolute Gasteiger partial charge is 0.273 e. The van der Waals surface area contributed by atoms with E-state index in [2.05, 4.69) is 39.4 Å². The van der Waals surface area contributed by atoms with Crippen LogP contribution in [0.1, 0.15) is 16.2 Å². The first-order chi connectivity index (χ1) is 11.0. The Bertz CT molecular complexity index is 684. The quantitative estimate of drug-likeness (QED) is 0.938. The summed E-state index contributed by atoms with van der Waals surface area (Å²) in [5.41, 5.74) is 3.40. The molecule has 6 nitrogen and oxygen atoms in total. The summed E-state index contributed by atoms with van der Waals surface area (Å²) in [5, 5.41) is 7.12. The maximum absolute atomic E-state index is 12.3. The third-order valence-electron chi connectivity index (χ3n) is 4.23. The van der Waals surface area contributed by atoms with Crippen LogP contribution in [-0.4, -0.2) is 53.8 Å². The fraction of sp³-hybridized carbons (Fsp3) is 0.412. The van der Waals surface area contributed by atoms with Gasteiger partial charge in [-0.3, -0.25) is 9.48 Å². The first kappa shape index (κ1) is 15.6. The van der Waals surface area contributed by atoms with Crippen molar-refractivity contribution in [2.45, 2.75) is 6.92 Å². The molecule has 0 unspecified atom stereocenters.